The van der Waals surface area contributed by atoms with Crippen molar-refractivity contribution in [2.75, 3.05) is 0 Å². The molecule has 0 unspecified atom stereocenters. The molecule has 0 saturated carbocycles. The van der Waals surface area contributed by atoms with E-state index in [1.165, 1.54) is 0 Å². The van der Waals surface area contributed by atoms with Crippen LogP contribution in [0, 0.1) is 11.8 Å². The van der Waals surface area contributed by atoms with Gasteiger partial charge in [-0.15, -0.1) is 0 Å². The summed E-state index contributed by atoms with van der Waals surface area (Å²) in [7, 11) is 0. The molecule has 0 amide bonds. The van der Waals surface area contributed by atoms with E-state index in [4.69, 9.17) is 3.34 Å². The van der Waals surface area contributed by atoms with Crippen LogP contribution >= 0.6 is 0 Å². The van der Waals surface area contributed by atoms with Crippen LogP contribution in [0.15, 0.2) is 51.9 Å². The third-order valence-electron chi connectivity index (χ3n) is 2.84. The summed E-state index contributed by atoms with van der Waals surface area (Å²) < 4.78 is 5.68. The molecule has 0 aromatic heterocycles. The summed E-state index contributed by atoms with van der Waals surface area (Å²) in [6.45, 7) is 6.63. The Labute approximate surface area is 114 Å². The van der Waals surface area contributed by atoms with Gasteiger partial charge in [0.2, 0.25) is 0 Å². The first-order chi connectivity index (χ1) is 8.06. The molecule has 0 bridgehead atoms. The van der Waals surface area contributed by atoms with Crippen LogP contribution in [0.3, 0.4) is 0 Å². The zero-order valence-electron chi connectivity index (χ0n) is 10.7. The summed E-state index contributed by atoms with van der Waals surface area (Å²) >= 11 is -0.526. The van der Waals surface area contributed by atoms with E-state index < -0.39 is 19.6 Å². The molecule has 0 atom stereocenters. The van der Waals surface area contributed by atoms with Gasteiger partial charge in [0.25, 0.3) is 0 Å². The van der Waals surface area contributed by atoms with E-state index in [2.05, 4.69) is 69.4 Å². The first-order valence-corrected chi connectivity index (χ1v) is 8.43. The van der Waals surface area contributed by atoms with E-state index in [1.807, 2.05) is 0 Å². The van der Waals surface area contributed by atoms with Gasteiger partial charge < -0.3 is 0 Å². The van der Waals surface area contributed by atoms with Gasteiger partial charge in [-0.25, -0.2) is 0 Å². The van der Waals surface area contributed by atoms with Crippen molar-refractivity contribution in [3.8, 4) is 0 Å². The molecule has 90 valence electrons. The molecule has 0 saturated heterocycles. The quantitative estimate of drug-likeness (QED) is 0.688. The van der Waals surface area contributed by atoms with Crippen LogP contribution in [0.1, 0.15) is 20.8 Å². The number of rotatable bonds is 3. The summed E-state index contributed by atoms with van der Waals surface area (Å²) in [6.07, 6.45) is 18.0. The topological polar surface area (TPSA) is 12.4 Å². The maximum atomic E-state index is 4.96. The van der Waals surface area contributed by atoms with E-state index in [0.29, 0.717) is 11.8 Å². The fourth-order valence-corrected chi connectivity index (χ4v) is 4.92. The van der Waals surface area contributed by atoms with Crippen molar-refractivity contribution in [1.82, 2.24) is 0 Å². The molecule has 0 aromatic carbocycles. The summed E-state index contributed by atoms with van der Waals surface area (Å²) in [6, 6.07) is 0. The van der Waals surface area contributed by atoms with Crippen LogP contribution in [0.5, 0.6) is 0 Å². The summed E-state index contributed by atoms with van der Waals surface area (Å²) in [5, 5.41) is 0. The molecule has 17 heavy (non-hydrogen) atoms. The minimum atomic E-state index is -0.526. The standard InChI is InChI=1S/C11H11.C4H9N.Nb/c1-2-6-10(5-1)9-11-7-3-4-8-11;1-4(2,3)5;/h1-11H;1-3H3;. The Balaban J connectivity index is 2.15. The monoisotopic (exact) mass is 307 g/mol. The minimum absolute atomic E-state index is 0.132. The molecule has 2 heteroatoms. The van der Waals surface area contributed by atoms with Gasteiger partial charge in [-0.05, 0) is 0 Å². The van der Waals surface area contributed by atoms with Crippen molar-refractivity contribution in [3.63, 3.8) is 0 Å². The molecule has 1 nitrogen and oxygen atoms in total. The van der Waals surface area contributed by atoms with Crippen molar-refractivity contribution in [2.24, 2.45) is 15.2 Å². The van der Waals surface area contributed by atoms with Crippen molar-refractivity contribution in [1.29, 1.82) is 0 Å². The van der Waals surface area contributed by atoms with Gasteiger partial charge in [0, 0.05) is 0 Å². The first kappa shape index (κ1) is 12.9. The Hall–Kier alpha value is -0.500. The third-order valence-corrected chi connectivity index (χ3v) is 6.94. The molecule has 0 aromatic rings. The van der Waals surface area contributed by atoms with E-state index >= 15 is 0 Å². The molecule has 2 aliphatic carbocycles. The van der Waals surface area contributed by atoms with Gasteiger partial charge in [-0.3, -0.25) is 0 Å². The molecule has 0 aliphatic heterocycles. The Kier molecular flexibility index (Phi) is 4.13. The second-order valence-corrected chi connectivity index (χ2v) is 8.10. The van der Waals surface area contributed by atoms with E-state index in [-0.39, 0.29) is 5.54 Å². The zero-order chi connectivity index (χ0) is 12.3. The van der Waals surface area contributed by atoms with Gasteiger partial charge in [-0.2, -0.15) is 0 Å². The Morgan fingerprint density at radius 3 is 1.65 bits per heavy atom. The van der Waals surface area contributed by atoms with Crippen LogP contribution in [0.2, 0.25) is 4.14 Å². The summed E-state index contributed by atoms with van der Waals surface area (Å²) in [5.41, 5.74) is 0.132. The molecule has 0 N–H and O–H groups in total. The number of allylic oxidation sites excluding steroid dienone is 8. The van der Waals surface area contributed by atoms with Crippen molar-refractivity contribution in [3.05, 3.63) is 48.6 Å². The molecule has 0 fully saturated rings. The predicted molar refractivity (Wildman–Crippen MR) is 69.5 cm³/mol. The van der Waals surface area contributed by atoms with Gasteiger partial charge >= 0.3 is 114 Å². The Bertz CT molecular complexity index is 355. The third kappa shape index (κ3) is 3.74. The molecular weight excluding hydrogens is 287 g/mol. The SMILES string of the molecule is CC(C)(C)[N]=[Nb][CH](C1C=CC=C1)C1C=CC=C1. The first-order valence-electron chi connectivity index (χ1n) is 6.18. The average molecular weight is 307 g/mol. The van der Waals surface area contributed by atoms with Gasteiger partial charge in [0.05, 0.1) is 0 Å². The average Bonchev–Trinajstić information content (AvgIpc) is 2.86. The van der Waals surface area contributed by atoms with Crippen molar-refractivity contribution < 1.29 is 19.6 Å². The van der Waals surface area contributed by atoms with Gasteiger partial charge in [0.1, 0.15) is 0 Å². The second kappa shape index (κ2) is 5.43. The van der Waals surface area contributed by atoms with Crippen LogP contribution in [-0.4, -0.2) is 5.54 Å². The van der Waals surface area contributed by atoms with Crippen LogP contribution in [0.4, 0.5) is 0 Å². The van der Waals surface area contributed by atoms with Crippen LogP contribution in [0.25, 0.3) is 0 Å². The molecule has 2 aliphatic rings. The molecule has 0 spiro atoms. The van der Waals surface area contributed by atoms with E-state index in [0.717, 1.165) is 4.14 Å². The second-order valence-electron chi connectivity index (χ2n) is 5.57. The van der Waals surface area contributed by atoms with Crippen LogP contribution < -0.4 is 0 Å². The predicted octanol–water partition coefficient (Wildman–Crippen LogP) is 4.32. The molecule has 0 radical (unpaired) electrons. The van der Waals surface area contributed by atoms with Crippen molar-refractivity contribution in [2.45, 2.75) is 30.4 Å². The number of hydrogen-bond acceptors (Lipinski definition) is 1. The number of hydrogen-bond donors (Lipinski definition) is 0. The van der Waals surface area contributed by atoms with E-state index in [9.17, 15) is 0 Å². The van der Waals surface area contributed by atoms with Gasteiger partial charge in [0.15, 0.2) is 0 Å². The molecule has 0 heterocycles. The van der Waals surface area contributed by atoms with E-state index in [1.54, 1.807) is 0 Å². The normalized spacial score (nSPS) is 20.7. The zero-order valence-corrected chi connectivity index (χ0v) is 12.9. The summed E-state index contributed by atoms with van der Waals surface area (Å²) in [5.74, 6) is 1.21. The Morgan fingerprint density at radius 2 is 1.29 bits per heavy atom. The fourth-order valence-electron chi connectivity index (χ4n) is 2.00. The Morgan fingerprint density at radius 1 is 0.882 bits per heavy atom. The van der Waals surface area contributed by atoms with Gasteiger partial charge in [-0.1, -0.05) is 0 Å². The maximum absolute atomic E-state index is 4.96. The van der Waals surface area contributed by atoms with Crippen LogP contribution in [-0.2, 0) is 19.6 Å². The number of nitrogens with zero attached hydrogens (tertiary/aromatic N) is 1. The summed E-state index contributed by atoms with van der Waals surface area (Å²) in [4.78, 5) is 0. The fraction of sp³-hybridized carbons (Fsp3) is 0.467. The molecular formula is C15H20NNb. The van der Waals surface area contributed by atoms with Crippen molar-refractivity contribution >= 4 is 0 Å². The molecule has 2 rings (SSSR count).